The highest BCUT2D eigenvalue weighted by molar-refractivity contribution is 7.99. The van der Waals surface area contributed by atoms with E-state index in [0.29, 0.717) is 11.3 Å². The molecule has 4 nitrogen and oxygen atoms in total. The summed E-state index contributed by atoms with van der Waals surface area (Å²) >= 11 is 1.60. The number of rotatable bonds is 2. The van der Waals surface area contributed by atoms with Gasteiger partial charge < -0.3 is 10.8 Å². The number of nitrogens with two attached hydrogens (primary N) is 1. The molecule has 1 heterocycles. The van der Waals surface area contributed by atoms with Crippen LogP contribution >= 0.6 is 11.8 Å². The van der Waals surface area contributed by atoms with Gasteiger partial charge in [-0.15, -0.1) is 0 Å². The van der Waals surface area contributed by atoms with Gasteiger partial charge in [-0.3, -0.25) is 4.79 Å². The summed E-state index contributed by atoms with van der Waals surface area (Å²) in [5.41, 5.74) is 9.06. The number of fused-ring (bicyclic) bond motifs is 2. The van der Waals surface area contributed by atoms with E-state index < -0.39 is 5.91 Å². The van der Waals surface area contributed by atoms with Crippen molar-refractivity contribution in [2.75, 3.05) is 0 Å². The van der Waals surface area contributed by atoms with Crippen LogP contribution in [0.25, 0.3) is 0 Å². The van der Waals surface area contributed by atoms with E-state index in [4.69, 9.17) is 10.7 Å². The largest absolute Gasteiger partial charge is 0.508 e. The fourth-order valence-electron chi connectivity index (χ4n) is 2.77. The lowest BCUT2D eigenvalue weighted by Crippen LogP contribution is -2.10. The van der Waals surface area contributed by atoms with Crippen molar-refractivity contribution < 1.29 is 9.90 Å². The number of phenols is 1. The van der Waals surface area contributed by atoms with Gasteiger partial charge in [-0.1, -0.05) is 42.1 Å². The molecule has 0 aliphatic carbocycles. The second-order valence-corrected chi connectivity index (χ2v) is 6.74. The zero-order chi connectivity index (χ0) is 17.4. The van der Waals surface area contributed by atoms with Gasteiger partial charge in [-0.05, 0) is 36.4 Å². The van der Waals surface area contributed by atoms with E-state index in [-0.39, 0.29) is 5.75 Å². The molecule has 0 saturated carbocycles. The van der Waals surface area contributed by atoms with Crippen molar-refractivity contribution in [2.24, 2.45) is 10.7 Å². The van der Waals surface area contributed by atoms with Crippen molar-refractivity contribution in [2.45, 2.75) is 9.79 Å². The van der Waals surface area contributed by atoms with Crippen LogP contribution in [-0.2, 0) is 0 Å². The minimum absolute atomic E-state index is 0.181. The zero-order valence-electron chi connectivity index (χ0n) is 13.1. The molecule has 0 aromatic heterocycles. The average molecular weight is 346 g/mol. The third kappa shape index (κ3) is 2.90. The van der Waals surface area contributed by atoms with E-state index in [0.717, 1.165) is 26.6 Å². The van der Waals surface area contributed by atoms with Crippen molar-refractivity contribution in [3.05, 3.63) is 83.4 Å². The van der Waals surface area contributed by atoms with Crippen LogP contribution in [0, 0.1) is 0 Å². The normalized spacial score (nSPS) is 12.6. The number of amides is 1. The number of hydrogen-bond donors (Lipinski definition) is 2. The van der Waals surface area contributed by atoms with E-state index in [1.807, 2.05) is 36.4 Å². The molecule has 1 aliphatic heterocycles. The molecule has 0 radical (unpaired) electrons. The Bertz CT molecular complexity index is 1030. The first-order valence-corrected chi connectivity index (χ1v) is 8.53. The first kappa shape index (κ1) is 15.5. The minimum atomic E-state index is -0.483. The molecule has 0 unspecified atom stereocenters. The molecule has 0 saturated heterocycles. The zero-order valence-corrected chi connectivity index (χ0v) is 14.0. The topological polar surface area (TPSA) is 75.7 Å². The van der Waals surface area contributed by atoms with Crippen LogP contribution in [0.1, 0.15) is 21.5 Å². The minimum Gasteiger partial charge on any atom is -0.508 e. The lowest BCUT2D eigenvalue weighted by molar-refractivity contribution is 0.1000. The lowest BCUT2D eigenvalue weighted by atomic mass is 10.0. The molecule has 1 aliphatic rings. The predicted molar refractivity (Wildman–Crippen MR) is 98.9 cm³/mol. The van der Waals surface area contributed by atoms with E-state index in [2.05, 4.69) is 0 Å². The van der Waals surface area contributed by atoms with Crippen LogP contribution in [0.5, 0.6) is 5.75 Å². The maximum atomic E-state index is 11.5. The van der Waals surface area contributed by atoms with E-state index in [1.54, 1.807) is 42.1 Å². The molecule has 0 atom stereocenters. The van der Waals surface area contributed by atoms with Crippen molar-refractivity contribution >= 4 is 29.1 Å². The van der Waals surface area contributed by atoms with Gasteiger partial charge in [0.15, 0.2) is 0 Å². The molecule has 3 aromatic carbocycles. The Kier molecular flexibility index (Phi) is 3.78. The fourth-order valence-corrected chi connectivity index (χ4v) is 3.77. The maximum absolute atomic E-state index is 11.5. The molecule has 0 fully saturated rings. The van der Waals surface area contributed by atoms with Crippen molar-refractivity contribution in [3.63, 3.8) is 0 Å². The highest BCUT2D eigenvalue weighted by Crippen LogP contribution is 2.41. The summed E-state index contributed by atoms with van der Waals surface area (Å²) in [5, 5.41) is 9.85. The van der Waals surface area contributed by atoms with Crippen LogP contribution in [0.2, 0.25) is 0 Å². The first-order chi connectivity index (χ1) is 12.1. The Morgan fingerprint density at radius 3 is 2.60 bits per heavy atom. The molecule has 1 amide bonds. The molecule has 5 heteroatoms. The van der Waals surface area contributed by atoms with Crippen LogP contribution in [0.3, 0.4) is 0 Å². The second-order valence-electron chi connectivity index (χ2n) is 5.66. The summed E-state index contributed by atoms with van der Waals surface area (Å²) in [6.07, 6.45) is 0. The molecule has 0 bridgehead atoms. The summed E-state index contributed by atoms with van der Waals surface area (Å²) in [5.74, 6) is -0.302. The summed E-state index contributed by atoms with van der Waals surface area (Å²) in [6.45, 7) is 0. The van der Waals surface area contributed by atoms with Gasteiger partial charge in [0.1, 0.15) is 5.75 Å². The Morgan fingerprint density at radius 2 is 1.80 bits per heavy atom. The molecular weight excluding hydrogens is 332 g/mol. The van der Waals surface area contributed by atoms with E-state index in [9.17, 15) is 9.90 Å². The number of aliphatic imine (C=N–C) groups is 1. The van der Waals surface area contributed by atoms with Crippen LogP contribution < -0.4 is 5.73 Å². The van der Waals surface area contributed by atoms with Crippen molar-refractivity contribution in [1.82, 2.24) is 0 Å². The molecule has 4 rings (SSSR count). The Labute approximate surface area is 149 Å². The van der Waals surface area contributed by atoms with Crippen molar-refractivity contribution in [1.29, 1.82) is 0 Å². The number of nitrogens with zero attached hydrogens (tertiary/aromatic N) is 1. The molecular formula is C20H14N2O2S. The molecule has 0 spiro atoms. The quantitative estimate of drug-likeness (QED) is 0.573. The Morgan fingerprint density at radius 1 is 0.960 bits per heavy atom. The number of hydrogen-bond acceptors (Lipinski definition) is 4. The standard InChI is InChI=1S/C20H14N2O2S/c21-20(24)13-8-9-18-16(11-13)22-19(12-4-3-5-14(23)10-12)15-6-1-2-7-17(15)25-18/h1-11,23H,(H2,21,24). The Hall–Kier alpha value is -3.05. The van der Waals surface area contributed by atoms with Crippen molar-refractivity contribution in [3.8, 4) is 5.75 Å². The lowest BCUT2D eigenvalue weighted by Gasteiger charge is -2.09. The highest BCUT2D eigenvalue weighted by Gasteiger charge is 2.19. The summed E-state index contributed by atoms with van der Waals surface area (Å²) in [6, 6.07) is 20.3. The van der Waals surface area contributed by atoms with Gasteiger partial charge in [0.2, 0.25) is 5.91 Å². The molecule has 122 valence electrons. The number of aromatic hydroxyl groups is 1. The summed E-state index contributed by atoms with van der Waals surface area (Å²) in [7, 11) is 0. The van der Waals surface area contributed by atoms with Gasteiger partial charge in [0, 0.05) is 26.5 Å². The first-order valence-electron chi connectivity index (χ1n) is 7.71. The Balaban J connectivity index is 1.98. The fraction of sp³-hybridized carbons (Fsp3) is 0. The summed E-state index contributed by atoms with van der Waals surface area (Å²) < 4.78 is 0. The maximum Gasteiger partial charge on any atom is 0.248 e. The number of benzene rings is 3. The smallest absolute Gasteiger partial charge is 0.248 e. The van der Waals surface area contributed by atoms with E-state index in [1.165, 1.54) is 0 Å². The predicted octanol–water partition coefficient (Wildman–Crippen LogP) is 4.12. The van der Waals surface area contributed by atoms with Gasteiger partial charge >= 0.3 is 0 Å². The van der Waals surface area contributed by atoms with Crippen LogP contribution in [0.4, 0.5) is 5.69 Å². The third-order valence-electron chi connectivity index (χ3n) is 3.96. The second kappa shape index (κ2) is 6.11. The van der Waals surface area contributed by atoms with Gasteiger partial charge in [-0.25, -0.2) is 4.99 Å². The number of carbonyl (C=O) groups excluding carboxylic acids is 1. The third-order valence-corrected chi connectivity index (χ3v) is 5.10. The van der Waals surface area contributed by atoms with Crippen LogP contribution in [-0.4, -0.2) is 16.7 Å². The highest BCUT2D eigenvalue weighted by atomic mass is 32.2. The van der Waals surface area contributed by atoms with Gasteiger partial charge in [0.05, 0.1) is 11.4 Å². The number of phenolic OH excluding ortho intramolecular Hbond substituents is 1. The average Bonchev–Trinajstić information content (AvgIpc) is 2.77. The monoisotopic (exact) mass is 346 g/mol. The number of carbonyl (C=O) groups is 1. The van der Waals surface area contributed by atoms with Gasteiger partial charge in [0.25, 0.3) is 0 Å². The molecule has 3 aromatic rings. The molecule has 25 heavy (non-hydrogen) atoms. The SMILES string of the molecule is NC(=O)c1ccc2c(c1)N=C(c1cccc(O)c1)c1ccccc1S2. The summed E-state index contributed by atoms with van der Waals surface area (Å²) in [4.78, 5) is 18.3. The van der Waals surface area contributed by atoms with Gasteiger partial charge in [-0.2, -0.15) is 0 Å². The van der Waals surface area contributed by atoms with E-state index >= 15 is 0 Å². The van der Waals surface area contributed by atoms with Crippen LogP contribution in [0.15, 0.2) is 81.5 Å². The number of primary amides is 1. The molecule has 3 N–H and O–H groups in total.